The lowest BCUT2D eigenvalue weighted by atomic mass is 9.84. The van der Waals surface area contributed by atoms with Crippen molar-refractivity contribution in [3.05, 3.63) is 0 Å². The van der Waals surface area contributed by atoms with E-state index < -0.39 is 0 Å². The van der Waals surface area contributed by atoms with Gasteiger partial charge in [-0.25, -0.2) is 0 Å². The van der Waals surface area contributed by atoms with Crippen molar-refractivity contribution in [3.8, 4) is 0 Å². The van der Waals surface area contributed by atoms with Crippen LogP contribution in [0.4, 0.5) is 0 Å². The third-order valence-corrected chi connectivity index (χ3v) is 4.29. The van der Waals surface area contributed by atoms with Crippen LogP contribution >= 0.6 is 0 Å². The van der Waals surface area contributed by atoms with Crippen LogP contribution in [-0.2, 0) is 4.79 Å². The number of rotatable bonds is 5. The second-order valence-corrected chi connectivity index (χ2v) is 5.61. The molecule has 2 unspecified atom stereocenters. The van der Waals surface area contributed by atoms with E-state index in [0.29, 0.717) is 5.92 Å². The molecule has 0 aromatic carbocycles. The summed E-state index contributed by atoms with van der Waals surface area (Å²) in [5, 5.41) is 3.10. The van der Waals surface area contributed by atoms with Gasteiger partial charge in [-0.1, -0.05) is 39.5 Å². The van der Waals surface area contributed by atoms with Crippen LogP contribution in [0.1, 0.15) is 59.3 Å². The van der Waals surface area contributed by atoms with Gasteiger partial charge in [0.1, 0.15) is 0 Å². The van der Waals surface area contributed by atoms with Crippen LogP contribution < -0.4 is 11.1 Å². The molecule has 3 heteroatoms. The molecular weight excluding hydrogens is 212 g/mol. The summed E-state index contributed by atoms with van der Waals surface area (Å²) in [4.78, 5) is 12.0. The van der Waals surface area contributed by atoms with Crippen molar-refractivity contribution in [1.82, 2.24) is 5.32 Å². The molecule has 3 N–H and O–H groups in total. The van der Waals surface area contributed by atoms with Gasteiger partial charge in [0.15, 0.2) is 0 Å². The zero-order valence-electron chi connectivity index (χ0n) is 11.5. The summed E-state index contributed by atoms with van der Waals surface area (Å²) in [7, 11) is 0. The molecule has 1 aliphatic carbocycles. The molecule has 0 aliphatic heterocycles. The van der Waals surface area contributed by atoms with Crippen LogP contribution in [0.2, 0.25) is 0 Å². The molecule has 0 heterocycles. The maximum Gasteiger partial charge on any atom is 0.237 e. The van der Waals surface area contributed by atoms with Gasteiger partial charge in [0.05, 0.1) is 6.04 Å². The van der Waals surface area contributed by atoms with Crippen molar-refractivity contribution in [2.45, 2.75) is 71.4 Å². The summed E-state index contributed by atoms with van der Waals surface area (Å²) in [6.45, 7) is 6.23. The van der Waals surface area contributed by atoms with Crippen molar-refractivity contribution >= 4 is 5.91 Å². The maximum absolute atomic E-state index is 12.0. The van der Waals surface area contributed by atoms with Gasteiger partial charge in [-0.2, -0.15) is 0 Å². The largest absolute Gasteiger partial charge is 0.352 e. The van der Waals surface area contributed by atoms with Crippen LogP contribution in [0.5, 0.6) is 0 Å². The fraction of sp³-hybridized carbons (Fsp3) is 0.929. The highest BCUT2D eigenvalue weighted by atomic mass is 16.2. The van der Waals surface area contributed by atoms with Crippen LogP contribution in [0.3, 0.4) is 0 Å². The lowest BCUT2D eigenvalue weighted by Gasteiger charge is -2.29. The van der Waals surface area contributed by atoms with E-state index in [-0.39, 0.29) is 23.9 Å². The molecule has 0 bridgehead atoms. The summed E-state index contributed by atoms with van der Waals surface area (Å²) in [6, 6.07) is -0.0797. The lowest BCUT2D eigenvalue weighted by molar-refractivity contribution is -0.124. The Morgan fingerprint density at radius 3 is 2.41 bits per heavy atom. The predicted octanol–water partition coefficient (Wildman–Crippen LogP) is 2.44. The average molecular weight is 240 g/mol. The molecule has 1 fully saturated rings. The number of amides is 1. The predicted molar refractivity (Wildman–Crippen MR) is 71.6 cm³/mol. The number of carbonyl (C=O) groups is 1. The van der Waals surface area contributed by atoms with E-state index >= 15 is 0 Å². The van der Waals surface area contributed by atoms with Crippen molar-refractivity contribution in [1.29, 1.82) is 0 Å². The highest BCUT2D eigenvalue weighted by molar-refractivity contribution is 5.82. The van der Waals surface area contributed by atoms with Crippen LogP contribution in [-0.4, -0.2) is 18.0 Å². The normalized spacial score (nSPS) is 22.8. The number of carbonyl (C=O) groups excluding carboxylic acids is 1. The molecule has 0 aromatic heterocycles. The van der Waals surface area contributed by atoms with Crippen molar-refractivity contribution in [2.75, 3.05) is 0 Å². The minimum atomic E-state index is -0.356. The van der Waals surface area contributed by atoms with Crippen LogP contribution in [0.25, 0.3) is 0 Å². The van der Waals surface area contributed by atoms with Gasteiger partial charge >= 0.3 is 0 Å². The smallest absolute Gasteiger partial charge is 0.237 e. The first-order valence-corrected chi connectivity index (χ1v) is 7.12. The zero-order valence-corrected chi connectivity index (χ0v) is 11.5. The molecule has 1 aliphatic rings. The molecule has 0 radical (unpaired) electrons. The third kappa shape index (κ3) is 4.30. The molecule has 1 amide bonds. The Kier molecular flexibility index (Phi) is 5.96. The summed E-state index contributed by atoms with van der Waals surface area (Å²) in [5.41, 5.74) is 5.94. The monoisotopic (exact) mass is 240 g/mol. The minimum Gasteiger partial charge on any atom is -0.352 e. The summed E-state index contributed by atoms with van der Waals surface area (Å²) in [5.74, 6) is 0.933. The summed E-state index contributed by atoms with van der Waals surface area (Å²) in [6.07, 6.45) is 7.42. The first kappa shape index (κ1) is 14.5. The molecule has 3 atom stereocenters. The Labute approximate surface area is 106 Å². The molecule has 1 rings (SSSR count). The second kappa shape index (κ2) is 7.00. The Hall–Kier alpha value is -0.570. The van der Waals surface area contributed by atoms with E-state index in [0.717, 1.165) is 6.42 Å². The van der Waals surface area contributed by atoms with E-state index in [1.165, 1.54) is 32.1 Å². The van der Waals surface area contributed by atoms with Crippen molar-refractivity contribution in [3.63, 3.8) is 0 Å². The van der Waals surface area contributed by atoms with Gasteiger partial charge in [-0.3, -0.25) is 4.79 Å². The van der Waals surface area contributed by atoms with Crippen molar-refractivity contribution < 1.29 is 4.79 Å². The molecule has 0 aromatic rings. The van der Waals surface area contributed by atoms with Gasteiger partial charge in [0.2, 0.25) is 5.91 Å². The van der Waals surface area contributed by atoms with Crippen LogP contribution in [0, 0.1) is 11.8 Å². The third-order valence-electron chi connectivity index (χ3n) is 4.29. The number of nitrogens with two attached hydrogens (primary N) is 1. The van der Waals surface area contributed by atoms with Gasteiger partial charge in [-0.05, 0) is 31.6 Å². The second-order valence-electron chi connectivity index (χ2n) is 5.61. The van der Waals surface area contributed by atoms with E-state index in [9.17, 15) is 4.79 Å². The Morgan fingerprint density at radius 1 is 1.29 bits per heavy atom. The van der Waals surface area contributed by atoms with Gasteiger partial charge in [-0.15, -0.1) is 0 Å². The molecule has 1 saturated carbocycles. The lowest BCUT2D eigenvalue weighted by Crippen LogP contribution is -2.49. The highest BCUT2D eigenvalue weighted by Crippen LogP contribution is 2.26. The Balaban J connectivity index is 2.38. The molecule has 0 spiro atoms. The Morgan fingerprint density at radius 2 is 1.88 bits per heavy atom. The minimum absolute atomic E-state index is 0.0254. The van der Waals surface area contributed by atoms with Crippen molar-refractivity contribution in [2.24, 2.45) is 17.6 Å². The summed E-state index contributed by atoms with van der Waals surface area (Å²) >= 11 is 0. The molecule has 17 heavy (non-hydrogen) atoms. The SMILES string of the molecule is CCC(C)C(N)C(=O)N[C@H](C)C1CCCCC1. The van der Waals surface area contributed by atoms with Gasteiger partial charge < -0.3 is 11.1 Å². The summed E-state index contributed by atoms with van der Waals surface area (Å²) < 4.78 is 0. The number of nitrogens with one attached hydrogen (secondary N) is 1. The fourth-order valence-electron chi connectivity index (χ4n) is 2.58. The van der Waals surface area contributed by atoms with E-state index in [2.05, 4.69) is 19.2 Å². The highest BCUT2D eigenvalue weighted by Gasteiger charge is 2.25. The quantitative estimate of drug-likeness (QED) is 0.775. The molecule has 3 nitrogen and oxygen atoms in total. The number of hydrogen-bond acceptors (Lipinski definition) is 2. The zero-order chi connectivity index (χ0) is 12.8. The van der Waals surface area contributed by atoms with Gasteiger partial charge in [0.25, 0.3) is 0 Å². The first-order chi connectivity index (χ1) is 8.06. The molecule has 100 valence electrons. The molecule has 0 saturated heterocycles. The standard InChI is InChI=1S/C14H28N2O/c1-4-10(2)13(15)14(17)16-11(3)12-8-6-5-7-9-12/h10-13H,4-9,15H2,1-3H3,(H,16,17)/t10?,11-,13?/m1/s1. The molecular formula is C14H28N2O. The topological polar surface area (TPSA) is 55.1 Å². The van der Waals surface area contributed by atoms with Gasteiger partial charge in [0, 0.05) is 6.04 Å². The van der Waals surface area contributed by atoms with E-state index in [4.69, 9.17) is 5.73 Å². The average Bonchev–Trinajstić information content (AvgIpc) is 2.37. The van der Waals surface area contributed by atoms with Crippen LogP contribution in [0.15, 0.2) is 0 Å². The number of hydrogen-bond donors (Lipinski definition) is 2. The fourth-order valence-corrected chi connectivity index (χ4v) is 2.58. The first-order valence-electron chi connectivity index (χ1n) is 7.12. The van der Waals surface area contributed by atoms with E-state index in [1.54, 1.807) is 0 Å². The van der Waals surface area contributed by atoms with E-state index in [1.807, 2.05) is 6.92 Å². The maximum atomic E-state index is 12.0. The Bertz CT molecular complexity index is 236.